The second-order valence-electron chi connectivity index (χ2n) is 4.40. The van der Waals surface area contributed by atoms with Crippen LogP contribution < -0.4 is 5.32 Å². The molecule has 3 nitrogen and oxygen atoms in total. The predicted octanol–water partition coefficient (Wildman–Crippen LogP) is 1.44. The first-order valence-electron chi connectivity index (χ1n) is 5.84. The Bertz CT molecular complexity index is 247. The Balaban J connectivity index is 2.02. The van der Waals surface area contributed by atoms with Crippen LogP contribution in [-0.4, -0.2) is 41.1 Å². The largest absolute Gasteiger partial charge is 0.324 e. The minimum absolute atomic E-state index is 0.0770. The summed E-state index contributed by atoms with van der Waals surface area (Å²) in [6.45, 7) is 2.83. The fraction of sp³-hybridized carbons (Fsp3) is 0.909. The van der Waals surface area contributed by atoms with Crippen LogP contribution in [0.4, 0.5) is 0 Å². The van der Waals surface area contributed by atoms with Crippen molar-refractivity contribution in [2.24, 2.45) is 0 Å². The number of carbonyl (C=O) groups excluding carboxylic acids is 1. The van der Waals surface area contributed by atoms with E-state index in [4.69, 9.17) is 0 Å². The van der Waals surface area contributed by atoms with Gasteiger partial charge in [-0.25, -0.2) is 0 Å². The maximum absolute atomic E-state index is 12.0. The fourth-order valence-corrected chi connectivity index (χ4v) is 3.71. The molecule has 1 N–H and O–H groups in total. The van der Waals surface area contributed by atoms with Crippen LogP contribution in [-0.2, 0) is 4.79 Å². The zero-order valence-electron chi connectivity index (χ0n) is 9.53. The van der Waals surface area contributed by atoms with Crippen molar-refractivity contribution in [3.05, 3.63) is 0 Å². The van der Waals surface area contributed by atoms with E-state index in [0.717, 1.165) is 13.1 Å². The lowest BCUT2D eigenvalue weighted by atomic mass is 10.2. The molecule has 0 bridgehead atoms. The van der Waals surface area contributed by atoms with Crippen LogP contribution in [0.25, 0.3) is 0 Å². The van der Waals surface area contributed by atoms with E-state index in [1.165, 1.54) is 19.3 Å². The molecule has 1 amide bonds. The van der Waals surface area contributed by atoms with Crippen molar-refractivity contribution in [1.29, 1.82) is 0 Å². The highest BCUT2D eigenvalue weighted by molar-refractivity contribution is 7.99. The van der Waals surface area contributed by atoms with Gasteiger partial charge in [-0.1, -0.05) is 13.3 Å². The third kappa shape index (κ3) is 2.02. The highest BCUT2D eigenvalue weighted by Gasteiger charge is 2.39. The van der Waals surface area contributed by atoms with Crippen molar-refractivity contribution in [3.63, 3.8) is 0 Å². The van der Waals surface area contributed by atoms with E-state index >= 15 is 0 Å². The van der Waals surface area contributed by atoms with Crippen LogP contribution >= 0.6 is 11.8 Å². The molecule has 0 aromatic heterocycles. The summed E-state index contributed by atoms with van der Waals surface area (Å²) in [5.41, 5.74) is 0. The summed E-state index contributed by atoms with van der Waals surface area (Å²) in [5.74, 6) is 0.323. The lowest BCUT2D eigenvalue weighted by Crippen LogP contribution is -2.41. The van der Waals surface area contributed by atoms with Gasteiger partial charge < -0.3 is 4.90 Å². The van der Waals surface area contributed by atoms with Crippen LogP contribution in [0.3, 0.4) is 0 Å². The quantitative estimate of drug-likeness (QED) is 0.793. The zero-order chi connectivity index (χ0) is 10.8. The minimum atomic E-state index is 0.0770. The average molecular weight is 228 g/mol. The van der Waals surface area contributed by atoms with Crippen LogP contribution in [0.1, 0.15) is 32.6 Å². The number of hydrogen-bond acceptors (Lipinski definition) is 3. The van der Waals surface area contributed by atoms with Crippen molar-refractivity contribution >= 4 is 17.7 Å². The van der Waals surface area contributed by atoms with Gasteiger partial charge in [0.1, 0.15) is 0 Å². The van der Waals surface area contributed by atoms with Crippen LogP contribution in [0.2, 0.25) is 0 Å². The zero-order valence-corrected chi connectivity index (χ0v) is 10.3. The molecule has 15 heavy (non-hydrogen) atoms. The van der Waals surface area contributed by atoms with Gasteiger partial charge >= 0.3 is 0 Å². The van der Waals surface area contributed by atoms with E-state index in [-0.39, 0.29) is 6.04 Å². The Kier molecular flexibility index (Phi) is 3.57. The van der Waals surface area contributed by atoms with E-state index in [2.05, 4.69) is 23.4 Å². The third-order valence-corrected chi connectivity index (χ3v) is 4.77. The van der Waals surface area contributed by atoms with Crippen LogP contribution in [0.15, 0.2) is 0 Å². The van der Waals surface area contributed by atoms with Crippen molar-refractivity contribution in [1.82, 2.24) is 10.2 Å². The van der Waals surface area contributed by atoms with Crippen LogP contribution in [0, 0.1) is 0 Å². The van der Waals surface area contributed by atoms with E-state index in [1.54, 1.807) is 0 Å². The Hall–Kier alpha value is -0.220. The molecule has 1 aliphatic carbocycles. The molecular weight excluding hydrogens is 208 g/mol. The lowest BCUT2D eigenvalue weighted by Gasteiger charge is -2.28. The number of hydrogen-bond donors (Lipinski definition) is 1. The Morgan fingerprint density at radius 2 is 2.33 bits per heavy atom. The van der Waals surface area contributed by atoms with Crippen LogP contribution in [0.5, 0.6) is 0 Å². The third-order valence-electron chi connectivity index (χ3n) is 3.62. The molecule has 1 saturated heterocycles. The standard InChI is InChI=1S/C11H20N2OS/c1-3-8-11(14)13(7-12-8)9-5-4-6-10(9)15-2/h8-10,12H,3-7H2,1-2H3. The molecule has 3 unspecified atom stereocenters. The first-order chi connectivity index (χ1) is 7.27. The maximum atomic E-state index is 12.0. The van der Waals surface area contributed by atoms with Gasteiger partial charge in [-0.05, 0) is 25.5 Å². The Labute approximate surface area is 96.0 Å². The molecule has 0 spiro atoms. The van der Waals surface area contributed by atoms with Gasteiger partial charge in [0.2, 0.25) is 5.91 Å². The van der Waals surface area contributed by atoms with Gasteiger partial charge in [0.05, 0.1) is 12.7 Å². The first-order valence-corrected chi connectivity index (χ1v) is 7.13. The number of nitrogens with one attached hydrogen (secondary N) is 1. The highest BCUT2D eigenvalue weighted by atomic mass is 32.2. The van der Waals surface area contributed by atoms with Gasteiger partial charge in [0.15, 0.2) is 0 Å². The topological polar surface area (TPSA) is 32.3 Å². The fourth-order valence-electron chi connectivity index (χ4n) is 2.71. The lowest BCUT2D eigenvalue weighted by molar-refractivity contribution is -0.130. The highest BCUT2D eigenvalue weighted by Crippen LogP contribution is 2.33. The van der Waals surface area contributed by atoms with Gasteiger partial charge in [-0.15, -0.1) is 0 Å². The summed E-state index contributed by atoms with van der Waals surface area (Å²) < 4.78 is 0. The molecular formula is C11H20N2OS. The number of rotatable bonds is 3. The van der Waals surface area contributed by atoms with E-state index < -0.39 is 0 Å². The van der Waals surface area contributed by atoms with Crippen molar-refractivity contribution in [2.75, 3.05) is 12.9 Å². The van der Waals surface area contributed by atoms with Gasteiger partial charge in [-0.3, -0.25) is 10.1 Å². The second-order valence-corrected chi connectivity index (χ2v) is 5.48. The van der Waals surface area contributed by atoms with E-state index in [1.807, 2.05) is 11.8 Å². The molecule has 3 atom stereocenters. The second kappa shape index (κ2) is 4.74. The van der Waals surface area contributed by atoms with Crippen molar-refractivity contribution < 1.29 is 4.79 Å². The molecule has 0 radical (unpaired) electrons. The summed E-state index contributed by atoms with van der Waals surface area (Å²) in [7, 11) is 0. The van der Waals surface area contributed by atoms with Gasteiger partial charge in [0.25, 0.3) is 0 Å². The Morgan fingerprint density at radius 1 is 1.53 bits per heavy atom. The van der Waals surface area contributed by atoms with E-state index in [9.17, 15) is 4.79 Å². The number of amides is 1. The van der Waals surface area contributed by atoms with Gasteiger partial charge in [-0.2, -0.15) is 11.8 Å². The summed E-state index contributed by atoms with van der Waals surface area (Å²) in [4.78, 5) is 14.1. The van der Waals surface area contributed by atoms with Crippen molar-refractivity contribution in [2.45, 2.75) is 49.9 Å². The molecule has 1 aliphatic heterocycles. The smallest absolute Gasteiger partial charge is 0.241 e. The molecule has 86 valence electrons. The molecule has 2 rings (SSSR count). The normalized spacial score (nSPS) is 36.5. The predicted molar refractivity (Wildman–Crippen MR) is 63.9 cm³/mol. The van der Waals surface area contributed by atoms with E-state index in [0.29, 0.717) is 17.2 Å². The maximum Gasteiger partial charge on any atom is 0.241 e. The summed E-state index contributed by atoms with van der Waals surface area (Å²) >= 11 is 1.92. The monoisotopic (exact) mass is 228 g/mol. The number of nitrogens with zero attached hydrogens (tertiary/aromatic N) is 1. The van der Waals surface area contributed by atoms with Gasteiger partial charge in [0, 0.05) is 11.3 Å². The minimum Gasteiger partial charge on any atom is -0.324 e. The molecule has 2 fully saturated rings. The molecule has 0 aromatic carbocycles. The molecule has 4 heteroatoms. The molecule has 2 aliphatic rings. The molecule has 1 saturated carbocycles. The molecule has 1 heterocycles. The number of thioether (sulfide) groups is 1. The first kappa shape index (κ1) is 11.3. The SMILES string of the molecule is CCC1NCN(C2CCCC2SC)C1=O. The number of carbonyl (C=O) groups is 1. The summed E-state index contributed by atoms with van der Waals surface area (Å²) in [6, 6.07) is 0.560. The molecule has 0 aromatic rings. The Morgan fingerprint density at radius 3 is 2.93 bits per heavy atom. The summed E-state index contributed by atoms with van der Waals surface area (Å²) in [5, 5.41) is 3.95. The van der Waals surface area contributed by atoms with Crippen molar-refractivity contribution in [3.8, 4) is 0 Å². The summed E-state index contributed by atoms with van der Waals surface area (Å²) in [6.07, 6.45) is 6.80. The average Bonchev–Trinajstić information content (AvgIpc) is 2.83.